The van der Waals surface area contributed by atoms with Gasteiger partial charge in [-0.25, -0.2) is 0 Å². The number of hydrogen-bond acceptors (Lipinski definition) is 1. The van der Waals surface area contributed by atoms with Gasteiger partial charge in [-0.3, -0.25) is 0 Å². The van der Waals surface area contributed by atoms with Gasteiger partial charge >= 0.3 is 22.6 Å². The van der Waals surface area contributed by atoms with Crippen LogP contribution in [0.2, 0.25) is 0 Å². The number of hydrogen-bond donors (Lipinski definition) is 0. The van der Waals surface area contributed by atoms with Gasteiger partial charge in [0.2, 0.25) is 0 Å². The summed E-state index contributed by atoms with van der Waals surface area (Å²) < 4.78 is 19.8. The summed E-state index contributed by atoms with van der Waals surface area (Å²) in [5.41, 5.74) is 0. The van der Waals surface area contributed by atoms with Crippen LogP contribution in [0.25, 0.3) is 0 Å². The summed E-state index contributed by atoms with van der Waals surface area (Å²) in [6.45, 7) is 15.3. The third-order valence-corrected chi connectivity index (χ3v) is 0.955. The Kier molecular flexibility index (Phi) is 56.7. The Labute approximate surface area is 110 Å². The molecule has 0 spiro atoms. The van der Waals surface area contributed by atoms with Crippen LogP contribution >= 0.6 is 0 Å². The maximum absolute atomic E-state index is 7.50. The van der Waals surface area contributed by atoms with Crippen molar-refractivity contribution in [1.29, 1.82) is 0 Å². The molecule has 3 nitrogen and oxygen atoms in total. The van der Waals surface area contributed by atoms with Crippen LogP contribution in [0.3, 0.4) is 0 Å². The standard InChI is InChI=1S/C5H10O.C5H5.2CO.Fe/c1-3-5-6-4-2;1-2-4-5-3-1;2*1-2;/h3,5H,4H2,1-2H3;1-5H;;;. The van der Waals surface area contributed by atoms with Crippen LogP contribution in [-0.4, -0.2) is 6.61 Å². The maximum Gasteiger partial charge on any atom is 0 e. The minimum absolute atomic E-state index is 0. The minimum atomic E-state index is 0. The molecule has 0 aliphatic heterocycles. The van der Waals surface area contributed by atoms with Crippen LogP contribution in [0, 0.1) is 58.4 Å². The second-order valence-electron chi connectivity index (χ2n) is 1.89. The molecular formula is C12H15FeO3. The maximum atomic E-state index is 7.50. The van der Waals surface area contributed by atoms with Gasteiger partial charge in [0.05, 0.1) is 6.61 Å². The van der Waals surface area contributed by atoms with E-state index in [2.05, 4.69) is 13.3 Å². The second-order valence-corrected chi connectivity index (χ2v) is 1.89. The summed E-state index contributed by atoms with van der Waals surface area (Å²) in [6.07, 6.45) is 11.9. The molecule has 1 aliphatic carbocycles. The molecule has 1 fully saturated rings. The van der Waals surface area contributed by atoms with Gasteiger partial charge < -0.3 is 4.74 Å². The summed E-state index contributed by atoms with van der Waals surface area (Å²) >= 11 is 0. The zero-order chi connectivity index (χ0) is 12.4. The third kappa shape index (κ3) is 37.0. The Morgan fingerprint density at radius 1 is 1.00 bits per heavy atom. The van der Waals surface area contributed by atoms with Crippen LogP contribution in [-0.2, 0) is 31.1 Å². The molecule has 0 saturated heterocycles. The average Bonchev–Trinajstić information content (AvgIpc) is 2.90. The van der Waals surface area contributed by atoms with Crippen molar-refractivity contribution in [3.05, 3.63) is 58.4 Å². The topological polar surface area (TPSA) is 49.0 Å². The first-order valence-electron chi connectivity index (χ1n) is 4.22. The van der Waals surface area contributed by atoms with Crippen molar-refractivity contribution < 1.29 is 31.1 Å². The molecular weight excluding hydrogens is 248 g/mol. The molecule has 0 heterocycles. The predicted molar refractivity (Wildman–Crippen MR) is 55.3 cm³/mol. The van der Waals surface area contributed by atoms with Gasteiger partial charge in [-0.1, -0.05) is 6.92 Å². The molecule has 0 aromatic rings. The van der Waals surface area contributed by atoms with Gasteiger partial charge in [0.15, 0.2) is 0 Å². The molecule has 1 aliphatic rings. The Hall–Kier alpha value is -0.0405. The van der Waals surface area contributed by atoms with Crippen molar-refractivity contribution in [1.82, 2.24) is 0 Å². The molecule has 0 bridgehead atoms. The first-order chi connectivity index (χ1) is 7.41. The van der Waals surface area contributed by atoms with E-state index in [4.69, 9.17) is 14.0 Å². The quantitative estimate of drug-likeness (QED) is 0.333. The zero-order valence-electron chi connectivity index (χ0n) is 9.33. The fourth-order valence-electron chi connectivity index (χ4n) is 0.513. The molecule has 7 radical (unpaired) electrons. The normalized spacial score (nSPS) is 11.1. The van der Waals surface area contributed by atoms with Crippen molar-refractivity contribution in [2.45, 2.75) is 13.8 Å². The Balaban J connectivity index is -0.0000000658. The van der Waals surface area contributed by atoms with Crippen LogP contribution in [0.5, 0.6) is 0 Å². The van der Waals surface area contributed by atoms with E-state index in [-0.39, 0.29) is 17.1 Å². The van der Waals surface area contributed by atoms with Gasteiger partial charge in [0, 0.05) is 23.7 Å². The summed E-state index contributed by atoms with van der Waals surface area (Å²) in [7, 11) is 0. The average molecular weight is 263 g/mol. The van der Waals surface area contributed by atoms with Gasteiger partial charge in [-0.05, 0) is 45.4 Å². The minimum Gasteiger partial charge on any atom is -0.0312 e. The van der Waals surface area contributed by atoms with Gasteiger partial charge in [0.1, 0.15) is 0 Å². The van der Waals surface area contributed by atoms with E-state index < -0.39 is 0 Å². The monoisotopic (exact) mass is 263 g/mol. The Bertz CT molecular complexity index is 102. The van der Waals surface area contributed by atoms with E-state index in [9.17, 15) is 0 Å². The third-order valence-electron chi connectivity index (χ3n) is 0.955. The molecule has 89 valence electrons. The second kappa shape index (κ2) is 36.3. The molecule has 0 aromatic heterocycles. The van der Waals surface area contributed by atoms with E-state index in [1.807, 2.05) is 52.4 Å². The fraction of sp³-hybridized carbons (Fsp3) is 0.250. The van der Waals surface area contributed by atoms with E-state index in [1.165, 1.54) is 0 Å². The van der Waals surface area contributed by atoms with Crippen molar-refractivity contribution in [2.24, 2.45) is 0 Å². The van der Waals surface area contributed by atoms with Gasteiger partial charge in [-0.15, -0.1) is 0 Å². The first-order valence-corrected chi connectivity index (χ1v) is 4.22. The van der Waals surface area contributed by atoms with Crippen LogP contribution in [0.1, 0.15) is 13.8 Å². The van der Waals surface area contributed by atoms with Crippen LogP contribution in [0.15, 0.2) is 0 Å². The van der Waals surface area contributed by atoms with Crippen molar-refractivity contribution in [2.75, 3.05) is 6.61 Å². The molecule has 0 unspecified atom stereocenters. The van der Waals surface area contributed by atoms with Crippen LogP contribution in [0.4, 0.5) is 0 Å². The van der Waals surface area contributed by atoms with E-state index >= 15 is 0 Å². The van der Waals surface area contributed by atoms with Crippen molar-refractivity contribution in [3.8, 4) is 0 Å². The smallest absolute Gasteiger partial charge is 0 e. The first kappa shape index (κ1) is 25.0. The van der Waals surface area contributed by atoms with E-state index in [0.717, 1.165) is 6.61 Å². The van der Waals surface area contributed by atoms with Crippen molar-refractivity contribution >= 4 is 0 Å². The van der Waals surface area contributed by atoms with Gasteiger partial charge in [-0.2, -0.15) is 0 Å². The molecule has 0 aromatic carbocycles. The molecule has 4 heteroatoms. The summed E-state index contributed by atoms with van der Waals surface area (Å²) in [6, 6.07) is 0. The summed E-state index contributed by atoms with van der Waals surface area (Å²) in [4.78, 5) is 0. The predicted octanol–water partition coefficient (Wildman–Crippen LogP) is 2.35. The molecule has 0 atom stereocenters. The van der Waals surface area contributed by atoms with Gasteiger partial charge in [0.25, 0.3) is 0 Å². The van der Waals surface area contributed by atoms with Crippen LogP contribution < -0.4 is 0 Å². The molecule has 16 heavy (non-hydrogen) atoms. The molecule has 0 N–H and O–H groups in total. The Morgan fingerprint density at radius 2 is 1.31 bits per heavy atom. The zero-order valence-corrected chi connectivity index (χ0v) is 10.4. The SMILES string of the molecule is C[CH][CH]OCC.[C-]#[O+].[C-]#[O+].[CH]1[CH][CH][CH][CH]1.[Fe]. The van der Waals surface area contributed by atoms with E-state index in [0.29, 0.717) is 0 Å². The number of rotatable bonds is 3. The summed E-state index contributed by atoms with van der Waals surface area (Å²) in [5, 5.41) is 0. The fourth-order valence-corrected chi connectivity index (χ4v) is 0.513. The van der Waals surface area contributed by atoms with Crippen molar-refractivity contribution in [3.63, 3.8) is 0 Å². The molecule has 1 saturated carbocycles. The Morgan fingerprint density at radius 3 is 1.44 bits per heavy atom. The number of ether oxygens (including phenoxy) is 1. The van der Waals surface area contributed by atoms with E-state index in [1.54, 1.807) is 6.61 Å². The summed E-state index contributed by atoms with van der Waals surface area (Å²) in [5.74, 6) is 0. The molecule has 1 rings (SSSR count). The molecule has 0 amide bonds. The largest absolute Gasteiger partial charge is 0.0312 e.